The molecule has 0 amide bonds. The lowest BCUT2D eigenvalue weighted by atomic mass is 10.0. The summed E-state index contributed by atoms with van der Waals surface area (Å²) in [6, 6.07) is 5.74. The number of aromatic nitrogens is 1. The zero-order valence-electron chi connectivity index (χ0n) is 8.77. The first-order valence-corrected chi connectivity index (χ1v) is 5.71. The number of pyridine rings is 1. The van der Waals surface area contributed by atoms with Gasteiger partial charge in [0.15, 0.2) is 0 Å². The fourth-order valence-electron chi connectivity index (χ4n) is 1.63. The van der Waals surface area contributed by atoms with Crippen molar-refractivity contribution >= 4 is 11.3 Å². The number of aliphatic hydroxyl groups excluding tert-OH is 1. The maximum atomic E-state index is 10.2. The molecule has 0 fully saturated rings. The maximum absolute atomic E-state index is 10.2. The Morgan fingerprint density at radius 3 is 2.67 bits per heavy atom. The summed E-state index contributed by atoms with van der Waals surface area (Å²) in [6.45, 7) is 3.94. The van der Waals surface area contributed by atoms with Gasteiger partial charge < -0.3 is 5.11 Å². The molecule has 0 saturated heterocycles. The molecule has 1 atom stereocenters. The highest BCUT2D eigenvalue weighted by Crippen LogP contribution is 2.28. The van der Waals surface area contributed by atoms with Crippen LogP contribution in [0.3, 0.4) is 0 Å². The van der Waals surface area contributed by atoms with Gasteiger partial charge in [0, 0.05) is 22.3 Å². The van der Waals surface area contributed by atoms with Crippen LogP contribution in [0.5, 0.6) is 0 Å². The molecule has 2 rings (SSSR count). The van der Waals surface area contributed by atoms with Crippen LogP contribution >= 0.6 is 11.3 Å². The molecule has 2 aromatic rings. The van der Waals surface area contributed by atoms with Crippen LogP contribution in [0.4, 0.5) is 0 Å². The molecule has 0 aromatic carbocycles. The van der Waals surface area contributed by atoms with Crippen LogP contribution in [-0.4, -0.2) is 10.1 Å². The molecule has 0 aliphatic heterocycles. The molecule has 0 spiro atoms. The van der Waals surface area contributed by atoms with E-state index in [4.69, 9.17) is 0 Å². The van der Waals surface area contributed by atoms with E-state index in [0.717, 1.165) is 21.7 Å². The quantitative estimate of drug-likeness (QED) is 0.842. The van der Waals surface area contributed by atoms with Gasteiger partial charge >= 0.3 is 0 Å². The standard InChI is InChI=1S/C12H13NOS/c1-8-10(4-3-6-13-8)12(14)11-5-7-15-9(11)2/h3-7,12,14H,1-2H3. The molecule has 0 aliphatic carbocycles. The van der Waals surface area contributed by atoms with Crippen molar-refractivity contribution in [1.82, 2.24) is 4.98 Å². The molecule has 3 heteroatoms. The Labute approximate surface area is 93.2 Å². The van der Waals surface area contributed by atoms with E-state index in [1.807, 2.05) is 37.4 Å². The Morgan fingerprint density at radius 2 is 2.07 bits per heavy atom. The Balaban J connectivity index is 2.41. The summed E-state index contributed by atoms with van der Waals surface area (Å²) in [5.41, 5.74) is 2.76. The second-order valence-electron chi connectivity index (χ2n) is 3.51. The molecule has 0 radical (unpaired) electrons. The van der Waals surface area contributed by atoms with Gasteiger partial charge in [0.05, 0.1) is 0 Å². The van der Waals surface area contributed by atoms with Crippen molar-refractivity contribution in [2.24, 2.45) is 0 Å². The number of rotatable bonds is 2. The molecule has 1 unspecified atom stereocenters. The summed E-state index contributed by atoms with van der Waals surface area (Å²) in [5.74, 6) is 0. The number of aliphatic hydroxyl groups is 1. The molecule has 2 aromatic heterocycles. The van der Waals surface area contributed by atoms with Crippen LogP contribution in [0, 0.1) is 13.8 Å². The Hall–Kier alpha value is -1.19. The van der Waals surface area contributed by atoms with Gasteiger partial charge in [-0.3, -0.25) is 4.98 Å². The van der Waals surface area contributed by atoms with E-state index in [0.29, 0.717) is 0 Å². The number of hydrogen-bond donors (Lipinski definition) is 1. The molecule has 78 valence electrons. The Morgan fingerprint density at radius 1 is 1.27 bits per heavy atom. The first-order chi connectivity index (χ1) is 7.20. The molecular formula is C12H13NOS. The number of nitrogens with zero attached hydrogens (tertiary/aromatic N) is 1. The van der Waals surface area contributed by atoms with E-state index in [-0.39, 0.29) is 0 Å². The van der Waals surface area contributed by atoms with E-state index in [1.165, 1.54) is 0 Å². The van der Waals surface area contributed by atoms with Crippen LogP contribution in [0.1, 0.15) is 27.8 Å². The fraction of sp³-hybridized carbons (Fsp3) is 0.250. The molecule has 2 nitrogen and oxygen atoms in total. The second kappa shape index (κ2) is 4.13. The van der Waals surface area contributed by atoms with Gasteiger partial charge in [-0.15, -0.1) is 11.3 Å². The van der Waals surface area contributed by atoms with Crippen molar-refractivity contribution < 1.29 is 5.11 Å². The zero-order chi connectivity index (χ0) is 10.8. The summed E-state index contributed by atoms with van der Waals surface area (Å²) >= 11 is 1.65. The average Bonchev–Trinajstić information content (AvgIpc) is 2.64. The molecule has 1 N–H and O–H groups in total. The van der Waals surface area contributed by atoms with Crippen molar-refractivity contribution in [1.29, 1.82) is 0 Å². The van der Waals surface area contributed by atoms with E-state index >= 15 is 0 Å². The highest BCUT2D eigenvalue weighted by molar-refractivity contribution is 7.10. The van der Waals surface area contributed by atoms with E-state index < -0.39 is 6.10 Å². The molecule has 15 heavy (non-hydrogen) atoms. The normalized spacial score (nSPS) is 12.7. The highest BCUT2D eigenvalue weighted by Gasteiger charge is 2.15. The lowest BCUT2D eigenvalue weighted by Crippen LogP contribution is -2.03. The van der Waals surface area contributed by atoms with E-state index in [9.17, 15) is 5.11 Å². The lowest BCUT2D eigenvalue weighted by molar-refractivity contribution is 0.219. The van der Waals surface area contributed by atoms with Gasteiger partial charge in [-0.2, -0.15) is 0 Å². The third-order valence-corrected chi connectivity index (χ3v) is 3.40. The van der Waals surface area contributed by atoms with Crippen molar-refractivity contribution in [3.05, 3.63) is 51.5 Å². The predicted molar refractivity (Wildman–Crippen MR) is 62.1 cm³/mol. The number of thiophene rings is 1. The van der Waals surface area contributed by atoms with Gasteiger partial charge in [-0.25, -0.2) is 0 Å². The molecule has 0 aliphatic rings. The van der Waals surface area contributed by atoms with Crippen molar-refractivity contribution in [3.8, 4) is 0 Å². The predicted octanol–water partition coefficient (Wildman–Crippen LogP) is 2.84. The minimum Gasteiger partial charge on any atom is -0.384 e. The van der Waals surface area contributed by atoms with Gasteiger partial charge in [0.2, 0.25) is 0 Å². The molecule has 0 bridgehead atoms. The Bertz CT molecular complexity index is 464. The summed E-state index contributed by atoms with van der Waals surface area (Å²) in [6.07, 6.45) is 1.19. The largest absolute Gasteiger partial charge is 0.384 e. The summed E-state index contributed by atoms with van der Waals surface area (Å²) in [5, 5.41) is 12.2. The maximum Gasteiger partial charge on any atom is 0.107 e. The van der Waals surface area contributed by atoms with Crippen molar-refractivity contribution in [2.75, 3.05) is 0 Å². The van der Waals surface area contributed by atoms with E-state index in [2.05, 4.69) is 4.98 Å². The third kappa shape index (κ3) is 1.94. The average molecular weight is 219 g/mol. The SMILES string of the molecule is Cc1ncccc1C(O)c1ccsc1C. The number of aryl methyl sites for hydroxylation is 2. The zero-order valence-corrected chi connectivity index (χ0v) is 9.58. The van der Waals surface area contributed by atoms with Crippen LogP contribution < -0.4 is 0 Å². The van der Waals surface area contributed by atoms with Gasteiger partial charge in [-0.1, -0.05) is 6.07 Å². The van der Waals surface area contributed by atoms with Crippen LogP contribution in [0.2, 0.25) is 0 Å². The number of hydrogen-bond acceptors (Lipinski definition) is 3. The second-order valence-corrected chi connectivity index (χ2v) is 4.63. The monoisotopic (exact) mass is 219 g/mol. The molecule has 0 saturated carbocycles. The van der Waals surface area contributed by atoms with Gasteiger partial charge in [0.1, 0.15) is 6.10 Å². The smallest absolute Gasteiger partial charge is 0.107 e. The Kier molecular flexibility index (Phi) is 2.84. The fourth-order valence-corrected chi connectivity index (χ4v) is 2.37. The molecular weight excluding hydrogens is 206 g/mol. The van der Waals surface area contributed by atoms with Crippen LogP contribution in [-0.2, 0) is 0 Å². The third-order valence-electron chi connectivity index (χ3n) is 2.54. The highest BCUT2D eigenvalue weighted by atomic mass is 32.1. The van der Waals surface area contributed by atoms with Gasteiger partial charge in [0.25, 0.3) is 0 Å². The first kappa shape index (κ1) is 10.3. The summed E-state index contributed by atoms with van der Waals surface area (Å²) in [4.78, 5) is 5.34. The lowest BCUT2D eigenvalue weighted by Gasteiger charge is -2.12. The minimum atomic E-state index is -0.551. The van der Waals surface area contributed by atoms with Crippen molar-refractivity contribution in [2.45, 2.75) is 20.0 Å². The first-order valence-electron chi connectivity index (χ1n) is 4.83. The minimum absolute atomic E-state index is 0.551. The topological polar surface area (TPSA) is 33.1 Å². The summed E-state index contributed by atoms with van der Waals surface area (Å²) in [7, 11) is 0. The van der Waals surface area contributed by atoms with E-state index in [1.54, 1.807) is 17.5 Å². The van der Waals surface area contributed by atoms with Crippen LogP contribution in [0.25, 0.3) is 0 Å². The van der Waals surface area contributed by atoms with Crippen LogP contribution in [0.15, 0.2) is 29.8 Å². The van der Waals surface area contributed by atoms with Crippen molar-refractivity contribution in [3.63, 3.8) is 0 Å². The summed E-state index contributed by atoms with van der Waals surface area (Å²) < 4.78 is 0. The van der Waals surface area contributed by atoms with Gasteiger partial charge in [-0.05, 0) is 36.9 Å². The molecule has 2 heterocycles.